The van der Waals surface area contributed by atoms with E-state index in [9.17, 15) is 4.79 Å². The molecule has 1 unspecified atom stereocenters. The molecule has 1 saturated heterocycles. The average Bonchev–Trinajstić information content (AvgIpc) is 3.05. The number of amides is 1. The van der Waals surface area contributed by atoms with Crippen molar-refractivity contribution in [2.24, 2.45) is 5.73 Å². The quantitative estimate of drug-likeness (QED) is 0.827. The molecule has 1 amide bonds. The van der Waals surface area contributed by atoms with Crippen LogP contribution in [-0.4, -0.2) is 55.0 Å². The number of rotatable bonds is 7. The Hall–Kier alpha value is -1.39. The highest BCUT2D eigenvalue weighted by Gasteiger charge is 2.23. The normalized spacial score (nSPS) is 16.4. The first-order chi connectivity index (χ1) is 10.2. The summed E-state index contributed by atoms with van der Waals surface area (Å²) >= 11 is 0. The standard InChI is InChI=1S/C17H27N3O/c1-19(12-9-15-7-3-2-4-8-15)16(14-18)13-17(21)20-10-5-6-11-20/h2-4,7-8,16H,5-6,9-14,18H2,1H3. The zero-order valence-electron chi connectivity index (χ0n) is 13.0. The van der Waals surface area contributed by atoms with Gasteiger partial charge in [0.1, 0.15) is 0 Å². The van der Waals surface area contributed by atoms with Crippen LogP contribution in [0.2, 0.25) is 0 Å². The van der Waals surface area contributed by atoms with Crippen molar-refractivity contribution in [1.29, 1.82) is 0 Å². The summed E-state index contributed by atoms with van der Waals surface area (Å²) < 4.78 is 0. The molecular weight excluding hydrogens is 262 g/mol. The van der Waals surface area contributed by atoms with Crippen molar-refractivity contribution >= 4 is 5.91 Å². The summed E-state index contributed by atoms with van der Waals surface area (Å²) in [5.41, 5.74) is 7.20. The Balaban J connectivity index is 1.80. The van der Waals surface area contributed by atoms with Crippen LogP contribution in [0.5, 0.6) is 0 Å². The predicted octanol–water partition coefficient (Wildman–Crippen LogP) is 1.50. The van der Waals surface area contributed by atoms with E-state index in [2.05, 4.69) is 36.2 Å². The molecule has 0 bridgehead atoms. The van der Waals surface area contributed by atoms with E-state index in [0.29, 0.717) is 13.0 Å². The van der Waals surface area contributed by atoms with Gasteiger partial charge in [0.05, 0.1) is 0 Å². The average molecular weight is 289 g/mol. The highest BCUT2D eigenvalue weighted by Crippen LogP contribution is 2.12. The number of nitrogens with zero attached hydrogens (tertiary/aromatic N) is 2. The third kappa shape index (κ3) is 4.83. The van der Waals surface area contributed by atoms with Gasteiger partial charge in [0, 0.05) is 38.6 Å². The third-order valence-corrected chi connectivity index (χ3v) is 4.36. The number of hydrogen-bond donors (Lipinski definition) is 1. The predicted molar refractivity (Wildman–Crippen MR) is 86.0 cm³/mol. The molecule has 1 aromatic carbocycles. The van der Waals surface area contributed by atoms with Crippen LogP contribution in [0.1, 0.15) is 24.8 Å². The summed E-state index contributed by atoms with van der Waals surface area (Å²) in [5, 5.41) is 0. The van der Waals surface area contributed by atoms with Crippen LogP contribution in [-0.2, 0) is 11.2 Å². The Bertz CT molecular complexity index is 429. The Labute approximate surface area is 127 Å². The summed E-state index contributed by atoms with van der Waals surface area (Å²) in [6, 6.07) is 10.6. The van der Waals surface area contributed by atoms with Crippen molar-refractivity contribution in [2.45, 2.75) is 31.7 Å². The number of nitrogens with two attached hydrogens (primary N) is 1. The third-order valence-electron chi connectivity index (χ3n) is 4.36. The van der Waals surface area contributed by atoms with Crippen LogP contribution in [0.4, 0.5) is 0 Å². The first-order valence-corrected chi connectivity index (χ1v) is 7.92. The Kier molecular flexibility index (Phi) is 6.21. The zero-order chi connectivity index (χ0) is 15.1. The van der Waals surface area contributed by atoms with E-state index >= 15 is 0 Å². The molecule has 2 N–H and O–H groups in total. The van der Waals surface area contributed by atoms with Gasteiger partial charge in [-0.15, -0.1) is 0 Å². The van der Waals surface area contributed by atoms with Gasteiger partial charge in [-0.25, -0.2) is 0 Å². The van der Waals surface area contributed by atoms with Crippen LogP contribution in [0.3, 0.4) is 0 Å². The number of carbonyl (C=O) groups excluding carboxylic acids is 1. The van der Waals surface area contributed by atoms with Gasteiger partial charge in [0.25, 0.3) is 0 Å². The van der Waals surface area contributed by atoms with Gasteiger partial charge < -0.3 is 15.5 Å². The Morgan fingerprint density at radius 1 is 1.29 bits per heavy atom. The number of likely N-dealkylation sites (tertiary alicyclic amines) is 1. The molecule has 4 heteroatoms. The van der Waals surface area contributed by atoms with Crippen LogP contribution in [0, 0.1) is 0 Å². The molecule has 21 heavy (non-hydrogen) atoms. The molecule has 1 heterocycles. The van der Waals surface area contributed by atoms with Gasteiger partial charge in [-0.2, -0.15) is 0 Å². The fourth-order valence-corrected chi connectivity index (χ4v) is 2.85. The van der Waals surface area contributed by atoms with Gasteiger partial charge in [-0.1, -0.05) is 30.3 Å². The molecule has 1 aliphatic rings. The molecule has 1 aromatic rings. The zero-order valence-corrected chi connectivity index (χ0v) is 13.0. The second kappa shape index (κ2) is 8.15. The molecule has 4 nitrogen and oxygen atoms in total. The second-order valence-electron chi connectivity index (χ2n) is 5.90. The van der Waals surface area contributed by atoms with Crippen molar-refractivity contribution < 1.29 is 4.79 Å². The maximum Gasteiger partial charge on any atom is 0.224 e. The molecule has 0 saturated carbocycles. The largest absolute Gasteiger partial charge is 0.343 e. The highest BCUT2D eigenvalue weighted by atomic mass is 16.2. The second-order valence-corrected chi connectivity index (χ2v) is 5.90. The number of hydrogen-bond acceptors (Lipinski definition) is 3. The topological polar surface area (TPSA) is 49.6 Å². The SMILES string of the molecule is CN(CCc1ccccc1)C(CN)CC(=O)N1CCCC1. The van der Waals surface area contributed by atoms with E-state index in [4.69, 9.17) is 5.73 Å². The van der Waals surface area contributed by atoms with Gasteiger partial charge in [0.15, 0.2) is 0 Å². The highest BCUT2D eigenvalue weighted by molar-refractivity contribution is 5.77. The summed E-state index contributed by atoms with van der Waals surface area (Å²) in [6.45, 7) is 3.30. The maximum absolute atomic E-state index is 12.2. The van der Waals surface area contributed by atoms with Gasteiger partial charge >= 0.3 is 0 Å². The summed E-state index contributed by atoms with van der Waals surface area (Å²) in [4.78, 5) is 16.4. The van der Waals surface area contributed by atoms with Crippen LogP contribution < -0.4 is 5.73 Å². The molecule has 0 aliphatic carbocycles. The minimum absolute atomic E-state index is 0.141. The summed E-state index contributed by atoms with van der Waals surface area (Å²) in [7, 11) is 2.07. The molecule has 1 fully saturated rings. The summed E-state index contributed by atoms with van der Waals surface area (Å²) in [6.07, 6.45) is 3.82. The van der Waals surface area contributed by atoms with Crippen LogP contribution in [0.25, 0.3) is 0 Å². The van der Waals surface area contributed by atoms with E-state index < -0.39 is 0 Å². The lowest BCUT2D eigenvalue weighted by Crippen LogP contribution is -2.43. The monoisotopic (exact) mass is 289 g/mol. The van der Waals surface area contributed by atoms with Crippen molar-refractivity contribution in [1.82, 2.24) is 9.80 Å². The van der Waals surface area contributed by atoms with Crippen molar-refractivity contribution in [3.05, 3.63) is 35.9 Å². The minimum atomic E-state index is 0.141. The number of likely N-dealkylation sites (N-methyl/N-ethyl adjacent to an activating group) is 1. The molecule has 0 aromatic heterocycles. The van der Waals surface area contributed by atoms with Gasteiger partial charge in [-0.3, -0.25) is 4.79 Å². The lowest BCUT2D eigenvalue weighted by molar-refractivity contribution is -0.131. The lowest BCUT2D eigenvalue weighted by atomic mass is 10.1. The number of carbonyl (C=O) groups is 1. The van der Waals surface area contributed by atoms with E-state index in [-0.39, 0.29) is 11.9 Å². The Morgan fingerprint density at radius 3 is 2.57 bits per heavy atom. The van der Waals surface area contributed by atoms with Gasteiger partial charge in [0.2, 0.25) is 5.91 Å². The first kappa shape index (κ1) is 16.0. The van der Waals surface area contributed by atoms with E-state index in [1.807, 2.05) is 11.0 Å². The molecule has 1 aliphatic heterocycles. The molecule has 0 spiro atoms. The van der Waals surface area contributed by atoms with E-state index in [0.717, 1.165) is 38.9 Å². The minimum Gasteiger partial charge on any atom is -0.343 e. The lowest BCUT2D eigenvalue weighted by Gasteiger charge is -2.28. The first-order valence-electron chi connectivity index (χ1n) is 7.92. The van der Waals surface area contributed by atoms with E-state index in [1.165, 1.54) is 5.56 Å². The number of benzene rings is 1. The maximum atomic E-state index is 12.2. The Morgan fingerprint density at radius 2 is 1.95 bits per heavy atom. The van der Waals surface area contributed by atoms with Crippen LogP contribution >= 0.6 is 0 Å². The summed E-state index contributed by atoms with van der Waals surface area (Å²) in [5.74, 6) is 0.259. The molecule has 1 atom stereocenters. The molecule has 2 rings (SSSR count). The van der Waals surface area contributed by atoms with Crippen molar-refractivity contribution in [3.8, 4) is 0 Å². The van der Waals surface area contributed by atoms with Crippen molar-refractivity contribution in [3.63, 3.8) is 0 Å². The van der Waals surface area contributed by atoms with Gasteiger partial charge in [-0.05, 0) is 31.9 Å². The van der Waals surface area contributed by atoms with E-state index in [1.54, 1.807) is 0 Å². The van der Waals surface area contributed by atoms with Crippen molar-refractivity contribution in [2.75, 3.05) is 33.2 Å². The smallest absolute Gasteiger partial charge is 0.224 e. The fourth-order valence-electron chi connectivity index (χ4n) is 2.85. The van der Waals surface area contributed by atoms with Crippen LogP contribution in [0.15, 0.2) is 30.3 Å². The fraction of sp³-hybridized carbons (Fsp3) is 0.588. The molecule has 0 radical (unpaired) electrons. The molecule has 116 valence electrons. The molecular formula is C17H27N3O.